The van der Waals surface area contributed by atoms with Gasteiger partial charge in [-0.3, -0.25) is 9.59 Å². The number of amides is 2. The molecule has 0 saturated heterocycles. The van der Waals surface area contributed by atoms with Crippen molar-refractivity contribution in [1.29, 1.82) is 0 Å². The topological polar surface area (TPSA) is 58.6 Å². The van der Waals surface area contributed by atoms with Crippen LogP contribution >= 0.6 is 0 Å². The third-order valence-electron chi connectivity index (χ3n) is 5.79. The zero-order valence-corrected chi connectivity index (χ0v) is 16.7. The van der Waals surface area contributed by atoms with Crippen LogP contribution in [-0.4, -0.2) is 24.5 Å². The van der Waals surface area contributed by atoms with E-state index >= 15 is 0 Å². The minimum Gasteiger partial charge on any atom is -0.482 e. The van der Waals surface area contributed by atoms with Crippen molar-refractivity contribution in [2.45, 2.75) is 57.5 Å². The second-order valence-electron chi connectivity index (χ2n) is 7.95. The van der Waals surface area contributed by atoms with Gasteiger partial charge in [0, 0.05) is 11.6 Å². The van der Waals surface area contributed by atoms with E-state index in [1.165, 1.54) is 32.1 Å². The third-order valence-corrected chi connectivity index (χ3v) is 5.79. The van der Waals surface area contributed by atoms with Gasteiger partial charge >= 0.3 is 0 Å². The van der Waals surface area contributed by atoms with Crippen molar-refractivity contribution in [1.82, 2.24) is 5.32 Å². The Hall–Kier alpha value is -2.82. The predicted octanol–water partition coefficient (Wildman–Crippen LogP) is 4.45. The van der Waals surface area contributed by atoms with Gasteiger partial charge in [0.15, 0.2) is 6.61 Å². The first kappa shape index (κ1) is 19.5. The summed E-state index contributed by atoms with van der Waals surface area (Å²) in [6.07, 6.45) is 8.22. The summed E-state index contributed by atoms with van der Waals surface area (Å²) in [5, 5.41) is 3.20. The quantitative estimate of drug-likeness (QED) is 0.836. The molecule has 1 aliphatic heterocycles. The molecule has 0 aromatic heterocycles. The molecule has 2 aliphatic rings. The van der Waals surface area contributed by atoms with E-state index in [2.05, 4.69) is 5.32 Å². The molecule has 2 aromatic carbocycles. The van der Waals surface area contributed by atoms with Crippen molar-refractivity contribution < 1.29 is 14.3 Å². The molecule has 0 atom stereocenters. The maximum absolute atomic E-state index is 12.9. The highest BCUT2D eigenvalue weighted by Gasteiger charge is 2.27. The Kier molecular flexibility index (Phi) is 6.13. The summed E-state index contributed by atoms with van der Waals surface area (Å²) in [7, 11) is 0. The molecule has 1 saturated carbocycles. The zero-order valence-electron chi connectivity index (χ0n) is 16.7. The van der Waals surface area contributed by atoms with Crippen molar-refractivity contribution >= 4 is 17.5 Å². The van der Waals surface area contributed by atoms with Crippen LogP contribution in [0, 0.1) is 0 Å². The number of hydrogen-bond donors (Lipinski definition) is 1. The van der Waals surface area contributed by atoms with Crippen LogP contribution in [0.15, 0.2) is 48.5 Å². The van der Waals surface area contributed by atoms with Gasteiger partial charge in [0.1, 0.15) is 5.75 Å². The summed E-state index contributed by atoms with van der Waals surface area (Å²) >= 11 is 0. The highest BCUT2D eigenvalue weighted by molar-refractivity contribution is 6.01. The normalized spacial score (nSPS) is 17.7. The molecule has 5 nitrogen and oxygen atoms in total. The zero-order chi connectivity index (χ0) is 20.1. The van der Waals surface area contributed by atoms with Gasteiger partial charge in [-0.2, -0.15) is 0 Å². The first-order valence-electron chi connectivity index (χ1n) is 10.6. The molecular weight excluding hydrogens is 364 g/mol. The van der Waals surface area contributed by atoms with E-state index in [0.717, 1.165) is 18.4 Å². The lowest BCUT2D eigenvalue weighted by Gasteiger charge is -2.30. The summed E-state index contributed by atoms with van der Waals surface area (Å²) in [6, 6.07) is 15.5. The van der Waals surface area contributed by atoms with Crippen molar-refractivity contribution in [3.05, 3.63) is 59.7 Å². The smallest absolute Gasteiger partial charge is 0.265 e. The number of carbonyl (C=O) groups excluding carboxylic acids is 2. The largest absolute Gasteiger partial charge is 0.482 e. The van der Waals surface area contributed by atoms with Crippen LogP contribution in [0.5, 0.6) is 5.75 Å². The van der Waals surface area contributed by atoms with Crippen LogP contribution in [0.4, 0.5) is 5.69 Å². The maximum Gasteiger partial charge on any atom is 0.265 e. The molecule has 1 fully saturated rings. The number of benzene rings is 2. The fourth-order valence-corrected chi connectivity index (χ4v) is 4.15. The summed E-state index contributed by atoms with van der Waals surface area (Å²) in [5.41, 5.74) is 2.27. The molecule has 1 aliphatic carbocycles. The van der Waals surface area contributed by atoms with E-state index in [1.807, 2.05) is 30.3 Å². The lowest BCUT2D eigenvalue weighted by atomic mass is 9.96. The van der Waals surface area contributed by atoms with Gasteiger partial charge in [-0.1, -0.05) is 62.4 Å². The van der Waals surface area contributed by atoms with Gasteiger partial charge in [0.25, 0.3) is 11.8 Å². The van der Waals surface area contributed by atoms with Crippen LogP contribution < -0.4 is 15.0 Å². The molecule has 1 N–H and O–H groups in total. The number of nitrogens with one attached hydrogen (secondary N) is 1. The number of nitrogens with zero attached hydrogens (tertiary/aromatic N) is 1. The van der Waals surface area contributed by atoms with Crippen molar-refractivity contribution in [3.63, 3.8) is 0 Å². The van der Waals surface area contributed by atoms with Gasteiger partial charge in [-0.25, -0.2) is 0 Å². The van der Waals surface area contributed by atoms with Gasteiger partial charge in [-0.05, 0) is 36.6 Å². The van der Waals surface area contributed by atoms with Gasteiger partial charge in [-0.15, -0.1) is 0 Å². The van der Waals surface area contributed by atoms with Gasteiger partial charge in [0.2, 0.25) is 0 Å². The van der Waals surface area contributed by atoms with E-state index in [9.17, 15) is 9.59 Å². The fraction of sp³-hybridized carbons (Fsp3) is 0.417. The molecule has 2 amide bonds. The summed E-state index contributed by atoms with van der Waals surface area (Å²) in [5.74, 6) is 0.470. The Morgan fingerprint density at radius 1 is 1.00 bits per heavy atom. The molecule has 0 bridgehead atoms. The minimum atomic E-state index is -0.0982. The lowest BCUT2D eigenvalue weighted by molar-refractivity contribution is -0.121. The second kappa shape index (κ2) is 9.12. The Labute approximate surface area is 172 Å². The van der Waals surface area contributed by atoms with Crippen molar-refractivity contribution in [3.8, 4) is 5.75 Å². The Bertz CT molecular complexity index is 858. The fourth-order valence-electron chi connectivity index (χ4n) is 4.15. The predicted molar refractivity (Wildman–Crippen MR) is 113 cm³/mol. The molecule has 5 heteroatoms. The van der Waals surface area contributed by atoms with E-state index in [-0.39, 0.29) is 24.5 Å². The monoisotopic (exact) mass is 392 g/mol. The molecule has 4 rings (SSSR count). The molecule has 29 heavy (non-hydrogen) atoms. The van der Waals surface area contributed by atoms with Crippen LogP contribution in [0.3, 0.4) is 0 Å². The molecule has 0 spiro atoms. The standard InChI is InChI=1S/C24H28N2O3/c27-23-17-29-22-14-13-19(24(28)25-20-11-7-2-1-3-8-12-20)15-21(22)26(23)16-18-9-5-4-6-10-18/h4-6,9-10,13-15,20H,1-3,7-8,11-12,16-17H2,(H,25,28). The highest BCUT2D eigenvalue weighted by atomic mass is 16.5. The Balaban J connectivity index is 1.52. The molecule has 0 unspecified atom stereocenters. The van der Waals surface area contributed by atoms with Gasteiger partial charge < -0.3 is 15.0 Å². The number of rotatable bonds is 4. The van der Waals surface area contributed by atoms with Gasteiger partial charge in [0.05, 0.1) is 12.2 Å². The molecule has 0 radical (unpaired) electrons. The van der Waals surface area contributed by atoms with E-state index in [1.54, 1.807) is 23.1 Å². The van der Waals surface area contributed by atoms with Crippen LogP contribution in [-0.2, 0) is 11.3 Å². The van der Waals surface area contributed by atoms with Crippen LogP contribution in [0.25, 0.3) is 0 Å². The SMILES string of the molecule is O=C(NC1CCCCCCC1)c1ccc2c(c1)N(Cc1ccccc1)C(=O)CO2. The number of fused-ring (bicyclic) bond motifs is 1. The summed E-state index contributed by atoms with van der Waals surface area (Å²) in [6.45, 7) is 0.483. The molecule has 1 heterocycles. The number of ether oxygens (including phenoxy) is 1. The lowest BCUT2D eigenvalue weighted by Crippen LogP contribution is -2.39. The van der Waals surface area contributed by atoms with Crippen molar-refractivity contribution in [2.24, 2.45) is 0 Å². The van der Waals surface area contributed by atoms with E-state index in [4.69, 9.17) is 4.74 Å². The first-order chi connectivity index (χ1) is 14.2. The average molecular weight is 392 g/mol. The van der Waals surface area contributed by atoms with E-state index < -0.39 is 0 Å². The molecular formula is C24H28N2O3. The van der Waals surface area contributed by atoms with Crippen LogP contribution in [0.2, 0.25) is 0 Å². The van der Waals surface area contributed by atoms with E-state index in [0.29, 0.717) is 23.5 Å². The maximum atomic E-state index is 12.9. The average Bonchev–Trinajstić information content (AvgIpc) is 2.72. The second-order valence-corrected chi connectivity index (χ2v) is 7.95. The Morgan fingerprint density at radius 2 is 1.72 bits per heavy atom. The van der Waals surface area contributed by atoms with Crippen LogP contribution in [0.1, 0.15) is 60.9 Å². The number of carbonyl (C=O) groups is 2. The third kappa shape index (κ3) is 4.78. The number of anilines is 1. The first-order valence-corrected chi connectivity index (χ1v) is 10.6. The number of hydrogen-bond acceptors (Lipinski definition) is 3. The molecule has 152 valence electrons. The van der Waals surface area contributed by atoms with Crippen molar-refractivity contribution in [2.75, 3.05) is 11.5 Å². The minimum absolute atomic E-state index is 0.0213. The Morgan fingerprint density at radius 3 is 2.48 bits per heavy atom. The summed E-state index contributed by atoms with van der Waals surface area (Å²) < 4.78 is 5.60. The molecule has 2 aromatic rings. The summed E-state index contributed by atoms with van der Waals surface area (Å²) in [4.78, 5) is 27.1. The highest BCUT2D eigenvalue weighted by Crippen LogP contribution is 2.34.